The molecule has 0 spiro atoms. The van der Waals surface area contributed by atoms with Gasteiger partial charge in [0.25, 0.3) is 0 Å². The monoisotopic (exact) mass is 446 g/mol. The second-order valence-electron chi connectivity index (χ2n) is 6.52. The number of amides is 2. The van der Waals surface area contributed by atoms with Crippen LogP contribution < -0.4 is 16.3 Å². The van der Waals surface area contributed by atoms with E-state index < -0.39 is 11.8 Å². The Kier molecular flexibility index (Phi) is 6.92. The van der Waals surface area contributed by atoms with Crippen LogP contribution in [0.25, 0.3) is 5.69 Å². The molecular weight excluding hydrogens is 427 g/mol. The number of benzene rings is 1. The number of hydrogen-bond donors (Lipinski definition) is 3. The highest BCUT2D eigenvalue weighted by Crippen LogP contribution is 2.21. The lowest BCUT2D eigenvalue weighted by atomic mass is 10.1. The SMILES string of the molecule is CC(=O)Nc1ncc(Cc2ccc(-n3cnn(CC(=CF)CNC(=O)O)c3=O)cc2)s1. The molecule has 1 aromatic carbocycles. The molecule has 0 aliphatic heterocycles. The van der Waals surface area contributed by atoms with E-state index in [1.165, 1.54) is 29.2 Å². The van der Waals surface area contributed by atoms with E-state index in [0.717, 1.165) is 15.1 Å². The predicted molar refractivity (Wildman–Crippen MR) is 112 cm³/mol. The number of nitrogens with one attached hydrogen (secondary N) is 2. The third kappa shape index (κ3) is 5.85. The zero-order valence-corrected chi connectivity index (χ0v) is 17.2. The fraction of sp³-hybridized carbons (Fsp3) is 0.211. The Labute approximate surface area is 179 Å². The van der Waals surface area contributed by atoms with Crippen LogP contribution in [0, 0.1) is 0 Å². The molecule has 0 bridgehead atoms. The number of nitrogens with zero attached hydrogens (tertiary/aromatic N) is 4. The van der Waals surface area contributed by atoms with Crippen LogP contribution in [0.4, 0.5) is 14.3 Å². The summed E-state index contributed by atoms with van der Waals surface area (Å²) in [5.74, 6) is -0.177. The van der Waals surface area contributed by atoms with Crippen LogP contribution in [-0.4, -0.2) is 43.0 Å². The quantitative estimate of drug-likeness (QED) is 0.486. The molecule has 0 unspecified atom stereocenters. The highest BCUT2D eigenvalue weighted by molar-refractivity contribution is 7.15. The fourth-order valence-corrected chi connectivity index (χ4v) is 3.60. The van der Waals surface area contributed by atoms with Gasteiger partial charge in [0.05, 0.1) is 18.6 Å². The van der Waals surface area contributed by atoms with Gasteiger partial charge in [0.2, 0.25) is 5.91 Å². The van der Waals surface area contributed by atoms with Gasteiger partial charge in [0.1, 0.15) is 6.33 Å². The van der Waals surface area contributed by atoms with Crippen LogP contribution >= 0.6 is 11.3 Å². The molecule has 3 aromatic rings. The average Bonchev–Trinajstić information content (AvgIpc) is 3.31. The summed E-state index contributed by atoms with van der Waals surface area (Å²) in [6.07, 6.45) is 2.61. The minimum atomic E-state index is -1.29. The van der Waals surface area contributed by atoms with Crippen LogP contribution in [-0.2, 0) is 17.8 Å². The van der Waals surface area contributed by atoms with Crippen molar-refractivity contribution in [2.75, 3.05) is 11.9 Å². The van der Waals surface area contributed by atoms with Crippen molar-refractivity contribution in [1.29, 1.82) is 0 Å². The van der Waals surface area contributed by atoms with Crippen molar-refractivity contribution < 1.29 is 19.1 Å². The minimum absolute atomic E-state index is 0.0632. The topological polar surface area (TPSA) is 131 Å². The number of carbonyl (C=O) groups is 2. The first-order valence-corrected chi connectivity index (χ1v) is 9.88. The van der Waals surface area contributed by atoms with Crippen molar-refractivity contribution >= 4 is 28.5 Å². The van der Waals surface area contributed by atoms with E-state index in [1.54, 1.807) is 18.3 Å². The van der Waals surface area contributed by atoms with Crippen molar-refractivity contribution in [2.24, 2.45) is 0 Å². The van der Waals surface area contributed by atoms with Gasteiger partial charge in [-0.3, -0.25) is 4.79 Å². The second kappa shape index (κ2) is 9.80. The third-order valence-electron chi connectivity index (χ3n) is 4.14. The molecular formula is C19H19FN6O4S. The first-order valence-electron chi connectivity index (χ1n) is 9.06. The summed E-state index contributed by atoms with van der Waals surface area (Å²) >= 11 is 1.39. The molecule has 3 rings (SSSR count). The van der Waals surface area contributed by atoms with Gasteiger partial charge in [-0.25, -0.2) is 28.2 Å². The molecule has 2 amide bonds. The molecule has 0 saturated carbocycles. The van der Waals surface area contributed by atoms with Crippen LogP contribution in [0.5, 0.6) is 0 Å². The Morgan fingerprint density at radius 2 is 2.03 bits per heavy atom. The molecule has 0 fully saturated rings. The van der Waals surface area contributed by atoms with Crippen molar-refractivity contribution in [3.63, 3.8) is 0 Å². The van der Waals surface area contributed by atoms with E-state index in [0.29, 0.717) is 17.2 Å². The standard InChI is InChI=1S/C19H19FN6O4S/c1-12(27)24-17-21-9-16(31-17)6-13-2-4-15(5-3-13)25-11-23-26(19(25)30)10-14(7-20)8-22-18(28)29/h2-5,7,9,11,22H,6,8,10H2,1H3,(H,28,29)(H,21,24,27). The maximum atomic E-state index is 13.0. The zero-order chi connectivity index (χ0) is 22.4. The largest absolute Gasteiger partial charge is 0.465 e. The summed E-state index contributed by atoms with van der Waals surface area (Å²) in [4.78, 5) is 39.3. The molecule has 31 heavy (non-hydrogen) atoms. The summed E-state index contributed by atoms with van der Waals surface area (Å²) in [7, 11) is 0. The van der Waals surface area contributed by atoms with Crippen molar-refractivity contribution in [3.05, 3.63) is 69.6 Å². The van der Waals surface area contributed by atoms with Crippen LogP contribution in [0.3, 0.4) is 0 Å². The number of anilines is 1. The molecule has 162 valence electrons. The first-order chi connectivity index (χ1) is 14.9. The smallest absolute Gasteiger partial charge is 0.404 e. The molecule has 12 heteroatoms. The lowest BCUT2D eigenvalue weighted by Gasteiger charge is -2.05. The number of thiazole rings is 1. The van der Waals surface area contributed by atoms with Gasteiger partial charge in [-0.05, 0) is 23.3 Å². The number of aromatic nitrogens is 4. The Morgan fingerprint density at radius 3 is 2.68 bits per heavy atom. The lowest BCUT2D eigenvalue weighted by Crippen LogP contribution is -2.29. The molecule has 0 saturated heterocycles. The normalized spacial score (nSPS) is 11.4. The molecule has 2 heterocycles. The van der Waals surface area contributed by atoms with Gasteiger partial charge in [0, 0.05) is 31.0 Å². The van der Waals surface area contributed by atoms with Crippen LogP contribution in [0.1, 0.15) is 17.4 Å². The lowest BCUT2D eigenvalue weighted by molar-refractivity contribution is -0.114. The number of carbonyl (C=O) groups excluding carboxylic acids is 1. The van der Waals surface area contributed by atoms with Crippen molar-refractivity contribution in [2.45, 2.75) is 19.9 Å². The number of carboxylic acid groups (broad SMARTS) is 1. The highest BCUT2D eigenvalue weighted by atomic mass is 32.1. The number of halogens is 1. The Balaban J connectivity index is 1.68. The third-order valence-corrected chi connectivity index (χ3v) is 5.05. The first kappa shape index (κ1) is 21.9. The Morgan fingerprint density at radius 1 is 1.29 bits per heavy atom. The van der Waals surface area contributed by atoms with Crippen LogP contribution in [0.15, 0.2) is 53.5 Å². The summed E-state index contributed by atoms with van der Waals surface area (Å²) in [6.45, 7) is 0.995. The average molecular weight is 446 g/mol. The van der Waals surface area contributed by atoms with Gasteiger partial charge in [-0.2, -0.15) is 5.10 Å². The van der Waals surface area contributed by atoms with Gasteiger partial charge < -0.3 is 15.7 Å². The van der Waals surface area contributed by atoms with Crippen molar-refractivity contribution in [1.82, 2.24) is 24.6 Å². The summed E-state index contributed by atoms with van der Waals surface area (Å²) < 4.78 is 15.3. The maximum Gasteiger partial charge on any atom is 0.404 e. The van der Waals surface area contributed by atoms with Crippen LogP contribution in [0.2, 0.25) is 0 Å². The van der Waals surface area contributed by atoms with E-state index in [1.807, 2.05) is 17.4 Å². The van der Waals surface area contributed by atoms with Gasteiger partial charge >= 0.3 is 11.8 Å². The molecule has 10 nitrogen and oxygen atoms in total. The van der Waals surface area contributed by atoms with E-state index in [9.17, 15) is 18.8 Å². The Hall–Kier alpha value is -3.80. The van der Waals surface area contributed by atoms with E-state index in [2.05, 4.69) is 15.4 Å². The molecule has 3 N–H and O–H groups in total. The number of hydrogen-bond acceptors (Lipinski definition) is 6. The summed E-state index contributed by atoms with van der Waals surface area (Å²) in [6, 6.07) is 7.24. The zero-order valence-electron chi connectivity index (χ0n) is 16.4. The molecule has 0 aliphatic rings. The molecule has 2 aromatic heterocycles. The second-order valence-corrected chi connectivity index (χ2v) is 7.64. The summed E-state index contributed by atoms with van der Waals surface area (Å²) in [5.41, 5.74) is 1.15. The van der Waals surface area contributed by atoms with Gasteiger partial charge in [0.15, 0.2) is 5.13 Å². The van der Waals surface area contributed by atoms with E-state index in [4.69, 9.17) is 5.11 Å². The number of rotatable bonds is 8. The van der Waals surface area contributed by atoms with E-state index in [-0.39, 0.29) is 30.9 Å². The highest BCUT2D eigenvalue weighted by Gasteiger charge is 2.11. The predicted octanol–water partition coefficient (Wildman–Crippen LogP) is 2.16. The molecule has 0 radical (unpaired) electrons. The van der Waals surface area contributed by atoms with Gasteiger partial charge in [-0.1, -0.05) is 12.1 Å². The summed E-state index contributed by atoms with van der Waals surface area (Å²) in [5, 5.41) is 17.8. The van der Waals surface area contributed by atoms with Gasteiger partial charge in [-0.15, -0.1) is 11.3 Å². The van der Waals surface area contributed by atoms with E-state index >= 15 is 0 Å². The minimum Gasteiger partial charge on any atom is -0.465 e. The Bertz CT molecular complexity index is 1160. The molecule has 0 atom stereocenters. The molecule has 0 aliphatic carbocycles. The maximum absolute atomic E-state index is 13.0. The van der Waals surface area contributed by atoms with Crippen molar-refractivity contribution in [3.8, 4) is 5.69 Å². The fourth-order valence-electron chi connectivity index (χ4n) is 2.71.